The number of ether oxygens (including phenoxy) is 2. The van der Waals surface area contributed by atoms with Crippen LogP contribution in [0.5, 0.6) is 0 Å². The van der Waals surface area contributed by atoms with Gasteiger partial charge in [-0.2, -0.15) is 0 Å². The second-order valence-corrected chi connectivity index (χ2v) is 4.66. The Morgan fingerprint density at radius 2 is 1.84 bits per heavy atom. The normalized spacial score (nSPS) is 20.9. The average Bonchev–Trinajstić information content (AvgIpc) is 2.69. The molecule has 1 atom stereocenters. The fourth-order valence-electron chi connectivity index (χ4n) is 2.47. The van der Waals surface area contributed by atoms with Crippen molar-refractivity contribution in [1.29, 1.82) is 0 Å². The summed E-state index contributed by atoms with van der Waals surface area (Å²) in [5.41, 5.74) is -0.593. The maximum Gasteiger partial charge on any atom is 0.323 e. The Balaban J connectivity index is 3.01. The molecule has 106 valence electrons. The van der Waals surface area contributed by atoms with E-state index in [9.17, 15) is 14.4 Å². The molecule has 1 saturated carbocycles. The number of esters is 2. The van der Waals surface area contributed by atoms with E-state index in [0.29, 0.717) is 0 Å². The van der Waals surface area contributed by atoms with Gasteiger partial charge in [-0.15, -0.1) is 0 Å². The highest BCUT2D eigenvalue weighted by molar-refractivity contribution is 6.01. The highest BCUT2D eigenvalue weighted by Gasteiger charge is 2.55. The molecule has 0 radical (unpaired) electrons. The van der Waals surface area contributed by atoms with E-state index in [1.165, 1.54) is 0 Å². The van der Waals surface area contributed by atoms with Crippen LogP contribution < -0.4 is 0 Å². The maximum absolute atomic E-state index is 12.1. The van der Waals surface area contributed by atoms with Gasteiger partial charge in [0.05, 0.1) is 13.2 Å². The van der Waals surface area contributed by atoms with Crippen LogP contribution in [0, 0.1) is 11.3 Å². The molecule has 1 aliphatic rings. The topological polar surface area (TPSA) is 69.7 Å². The summed E-state index contributed by atoms with van der Waals surface area (Å²) in [7, 11) is 0. The predicted molar refractivity (Wildman–Crippen MR) is 68.2 cm³/mol. The molecule has 0 saturated heterocycles. The third-order valence-corrected chi connectivity index (χ3v) is 3.41. The van der Waals surface area contributed by atoms with Crippen LogP contribution in [0.25, 0.3) is 0 Å². The van der Waals surface area contributed by atoms with Gasteiger partial charge in [0.2, 0.25) is 0 Å². The van der Waals surface area contributed by atoms with Crippen LogP contribution in [0.3, 0.4) is 0 Å². The smallest absolute Gasteiger partial charge is 0.323 e. The zero-order chi connectivity index (χ0) is 14.5. The Kier molecular flexibility index (Phi) is 5.27. The van der Waals surface area contributed by atoms with E-state index in [-0.39, 0.29) is 38.4 Å². The van der Waals surface area contributed by atoms with Gasteiger partial charge >= 0.3 is 11.9 Å². The Hall–Kier alpha value is -1.65. The number of hydrogen-bond donors (Lipinski definition) is 0. The number of hydrogen-bond acceptors (Lipinski definition) is 5. The van der Waals surface area contributed by atoms with E-state index < -0.39 is 17.4 Å². The summed E-state index contributed by atoms with van der Waals surface area (Å²) in [5.74, 6) is -1.32. The molecular weight excluding hydrogens is 248 g/mol. The zero-order valence-corrected chi connectivity index (χ0v) is 11.4. The lowest BCUT2D eigenvalue weighted by Gasteiger charge is -2.24. The van der Waals surface area contributed by atoms with Crippen LogP contribution in [0.1, 0.15) is 33.1 Å². The van der Waals surface area contributed by atoms with Crippen molar-refractivity contribution in [3.05, 3.63) is 12.2 Å². The molecule has 0 N–H and O–H groups in total. The summed E-state index contributed by atoms with van der Waals surface area (Å²) in [4.78, 5) is 34.9. The fraction of sp³-hybridized carbons (Fsp3) is 0.643. The maximum atomic E-state index is 12.1. The number of carbonyl (C=O) groups is 3. The summed E-state index contributed by atoms with van der Waals surface area (Å²) in [6.07, 6.45) is 1.48. The van der Waals surface area contributed by atoms with Gasteiger partial charge in [-0.25, -0.2) is 0 Å². The summed E-state index contributed by atoms with van der Waals surface area (Å²) in [6.45, 7) is 7.63. The Labute approximate surface area is 112 Å². The van der Waals surface area contributed by atoms with Crippen molar-refractivity contribution in [2.45, 2.75) is 33.1 Å². The first-order chi connectivity index (χ1) is 9.01. The standard InChI is InChI=1S/C14H20O5/c1-4-18-12(16)14(13(17)19-5-2)8-10(3)11(9-14)6-7-15/h7,11H,3-6,8-9H2,1-2H3. The number of aldehydes is 1. The number of rotatable bonds is 6. The predicted octanol–water partition coefficient (Wildman–Crippen LogP) is 1.65. The molecule has 0 aliphatic heterocycles. The molecule has 1 rings (SSSR count). The van der Waals surface area contributed by atoms with E-state index in [0.717, 1.165) is 11.9 Å². The first kappa shape index (κ1) is 15.4. The third-order valence-electron chi connectivity index (χ3n) is 3.41. The molecule has 0 spiro atoms. The lowest BCUT2D eigenvalue weighted by molar-refractivity contribution is -0.171. The third kappa shape index (κ3) is 3.03. The molecule has 0 heterocycles. The largest absolute Gasteiger partial charge is 0.465 e. The zero-order valence-electron chi connectivity index (χ0n) is 11.4. The van der Waals surface area contributed by atoms with Crippen molar-refractivity contribution in [3.63, 3.8) is 0 Å². The molecule has 0 aromatic carbocycles. The van der Waals surface area contributed by atoms with Gasteiger partial charge in [0.1, 0.15) is 6.29 Å². The van der Waals surface area contributed by atoms with Gasteiger partial charge in [-0.3, -0.25) is 9.59 Å². The highest BCUT2D eigenvalue weighted by Crippen LogP contribution is 2.47. The molecule has 0 bridgehead atoms. The van der Waals surface area contributed by atoms with Gasteiger partial charge in [0.15, 0.2) is 5.41 Å². The van der Waals surface area contributed by atoms with E-state index in [2.05, 4.69) is 6.58 Å². The second kappa shape index (κ2) is 6.50. The molecule has 5 heteroatoms. The quantitative estimate of drug-likeness (QED) is 0.317. The minimum atomic E-state index is -1.32. The van der Waals surface area contributed by atoms with Crippen molar-refractivity contribution in [1.82, 2.24) is 0 Å². The molecule has 5 nitrogen and oxygen atoms in total. The summed E-state index contributed by atoms with van der Waals surface area (Å²) in [6, 6.07) is 0. The van der Waals surface area contributed by atoms with Crippen molar-refractivity contribution in [3.8, 4) is 0 Å². The molecular formula is C14H20O5. The van der Waals surface area contributed by atoms with Crippen LogP contribution in [0.4, 0.5) is 0 Å². The van der Waals surface area contributed by atoms with Crippen LogP contribution in [-0.2, 0) is 23.9 Å². The Morgan fingerprint density at radius 1 is 1.32 bits per heavy atom. The summed E-state index contributed by atoms with van der Waals surface area (Å²) in [5, 5.41) is 0. The van der Waals surface area contributed by atoms with E-state index in [4.69, 9.17) is 9.47 Å². The minimum Gasteiger partial charge on any atom is -0.465 e. The molecule has 0 aromatic rings. The van der Waals surface area contributed by atoms with Crippen LogP contribution in [0.2, 0.25) is 0 Å². The van der Waals surface area contributed by atoms with Gasteiger partial charge in [-0.1, -0.05) is 12.2 Å². The molecule has 1 fully saturated rings. The van der Waals surface area contributed by atoms with Gasteiger partial charge < -0.3 is 14.3 Å². The Bertz CT molecular complexity index is 367. The van der Waals surface area contributed by atoms with Gasteiger partial charge in [0.25, 0.3) is 0 Å². The lowest BCUT2D eigenvalue weighted by Crippen LogP contribution is -2.40. The lowest BCUT2D eigenvalue weighted by atomic mass is 9.85. The fourth-order valence-corrected chi connectivity index (χ4v) is 2.47. The molecule has 1 unspecified atom stereocenters. The summed E-state index contributed by atoms with van der Waals surface area (Å²) >= 11 is 0. The van der Waals surface area contributed by atoms with E-state index in [1.54, 1.807) is 13.8 Å². The molecule has 1 aliphatic carbocycles. The molecule has 0 aromatic heterocycles. The van der Waals surface area contributed by atoms with Crippen LogP contribution >= 0.6 is 0 Å². The number of allylic oxidation sites excluding steroid dienone is 1. The SMILES string of the molecule is C=C1CC(C(=O)OCC)(C(=O)OCC)CC1CC=O. The van der Waals surface area contributed by atoms with Crippen LogP contribution in [0.15, 0.2) is 12.2 Å². The first-order valence-corrected chi connectivity index (χ1v) is 6.47. The van der Waals surface area contributed by atoms with Gasteiger partial charge in [-0.05, 0) is 32.6 Å². The van der Waals surface area contributed by atoms with Crippen molar-refractivity contribution < 1.29 is 23.9 Å². The van der Waals surface area contributed by atoms with E-state index in [1.807, 2.05) is 0 Å². The first-order valence-electron chi connectivity index (χ1n) is 6.47. The van der Waals surface area contributed by atoms with Crippen molar-refractivity contribution in [2.75, 3.05) is 13.2 Å². The van der Waals surface area contributed by atoms with Gasteiger partial charge in [0, 0.05) is 6.42 Å². The minimum absolute atomic E-state index is 0.161. The van der Waals surface area contributed by atoms with Crippen LogP contribution in [-0.4, -0.2) is 31.4 Å². The highest BCUT2D eigenvalue weighted by atomic mass is 16.6. The summed E-state index contributed by atoms with van der Waals surface area (Å²) < 4.78 is 10.0. The second-order valence-electron chi connectivity index (χ2n) is 4.66. The average molecular weight is 268 g/mol. The Morgan fingerprint density at radius 3 is 2.26 bits per heavy atom. The number of carbonyl (C=O) groups excluding carboxylic acids is 3. The monoisotopic (exact) mass is 268 g/mol. The van der Waals surface area contributed by atoms with Crippen molar-refractivity contribution >= 4 is 18.2 Å². The molecule has 0 amide bonds. The molecule has 19 heavy (non-hydrogen) atoms. The van der Waals surface area contributed by atoms with Crippen molar-refractivity contribution in [2.24, 2.45) is 11.3 Å². The van der Waals surface area contributed by atoms with E-state index >= 15 is 0 Å².